The molecule has 0 heterocycles. The summed E-state index contributed by atoms with van der Waals surface area (Å²) in [4.78, 5) is 12.7. The Bertz CT molecular complexity index is 541. The lowest BCUT2D eigenvalue weighted by Crippen LogP contribution is -2.13. The van der Waals surface area contributed by atoms with Crippen molar-refractivity contribution in [3.05, 3.63) is 34.3 Å². The summed E-state index contributed by atoms with van der Waals surface area (Å²) in [7, 11) is 0. The van der Waals surface area contributed by atoms with Crippen LogP contribution in [0.3, 0.4) is 0 Å². The highest BCUT2D eigenvalue weighted by Gasteiger charge is 2.30. The summed E-state index contributed by atoms with van der Waals surface area (Å²) < 4.78 is 37.2. The Morgan fingerprint density at radius 2 is 2.05 bits per heavy atom. The second-order valence-electron chi connectivity index (χ2n) is 3.75. The lowest BCUT2D eigenvalue weighted by atomic mass is 10.1. The maximum absolute atomic E-state index is 12.4. The first-order chi connectivity index (χ1) is 9.54. The molecule has 0 aliphatic heterocycles. The van der Waals surface area contributed by atoms with Crippen LogP contribution in [-0.4, -0.2) is 29.7 Å². The molecule has 1 aromatic rings. The summed E-state index contributed by atoms with van der Waals surface area (Å²) >= 11 is 5.72. The number of nitrogens with zero attached hydrogens (tertiary/aromatic N) is 1. The van der Waals surface area contributed by atoms with E-state index >= 15 is 0 Å². The normalized spacial score (nSPS) is 10.9. The highest BCUT2D eigenvalue weighted by molar-refractivity contribution is 6.33. The molecular formula is C12H13ClF3N3O2. The first kappa shape index (κ1) is 18.9. The first-order valence-electron chi connectivity index (χ1n) is 5.43. The van der Waals surface area contributed by atoms with Crippen LogP contribution in [0.1, 0.15) is 18.1 Å². The predicted octanol–water partition coefficient (Wildman–Crippen LogP) is 2.80. The summed E-state index contributed by atoms with van der Waals surface area (Å²) in [5, 5.41) is 14.5. The fraction of sp³-hybridized carbons (Fsp3) is 0.250. The Morgan fingerprint density at radius 1 is 1.52 bits per heavy atom. The van der Waals surface area contributed by atoms with Gasteiger partial charge in [0.15, 0.2) is 0 Å². The molecule has 1 aromatic carbocycles. The van der Waals surface area contributed by atoms with E-state index in [1.807, 2.05) is 0 Å². The number of aliphatic carboxylic acids is 1. The quantitative estimate of drug-likeness (QED) is 0.589. The number of carboxylic acid groups (broad SMARTS) is 1. The molecule has 4 N–H and O–H groups in total. The molecule has 0 aliphatic carbocycles. The highest BCUT2D eigenvalue weighted by Crippen LogP contribution is 2.31. The van der Waals surface area contributed by atoms with Crippen LogP contribution in [-0.2, 0) is 11.0 Å². The Hall–Kier alpha value is -2.09. The number of aliphatic imine (C=N–C) groups is 1. The van der Waals surface area contributed by atoms with E-state index in [9.17, 15) is 13.2 Å². The standard InChI is InChI=1S/C10H9ClF3N3.C2H4O2/c11-8-2-1-7(10(12,13)14)3-6(8)4-17-5-9(15)16;1-2(3)4/h1-4H,5H2,(H3,15,16);1H3,(H,3,4). The number of benzene rings is 1. The number of alkyl halides is 3. The van der Waals surface area contributed by atoms with Crippen molar-refractivity contribution >= 4 is 29.6 Å². The van der Waals surface area contributed by atoms with Crippen LogP contribution in [0.25, 0.3) is 0 Å². The largest absolute Gasteiger partial charge is 0.481 e. The summed E-state index contributed by atoms with van der Waals surface area (Å²) in [5.74, 6) is -1.01. The van der Waals surface area contributed by atoms with Gasteiger partial charge in [0.2, 0.25) is 0 Å². The van der Waals surface area contributed by atoms with Gasteiger partial charge >= 0.3 is 6.18 Å². The number of hydrogen-bond donors (Lipinski definition) is 3. The van der Waals surface area contributed by atoms with Gasteiger partial charge in [-0.05, 0) is 18.2 Å². The van der Waals surface area contributed by atoms with E-state index in [4.69, 9.17) is 32.6 Å². The van der Waals surface area contributed by atoms with Crippen molar-refractivity contribution in [1.82, 2.24) is 0 Å². The maximum Gasteiger partial charge on any atom is 0.416 e. The minimum Gasteiger partial charge on any atom is -0.481 e. The Balaban J connectivity index is 0.000000885. The van der Waals surface area contributed by atoms with E-state index in [2.05, 4.69) is 4.99 Å². The number of carboxylic acids is 1. The smallest absolute Gasteiger partial charge is 0.416 e. The molecule has 1 rings (SSSR count). The molecule has 5 nitrogen and oxygen atoms in total. The molecule has 0 aromatic heterocycles. The highest BCUT2D eigenvalue weighted by atomic mass is 35.5. The zero-order valence-corrected chi connectivity index (χ0v) is 11.7. The van der Waals surface area contributed by atoms with E-state index in [1.165, 1.54) is 6.21 Å². The van der Waals surface area contributed by atoms with Gasteiger partial charge in [0.25, 0.3) is 5.97 Å². The molecule has 0 unspecified atom stereocenters. The van der Waals surface area contributed by atoms with Gasteiger partial charge in [0.05, 0.1) is 12.1 Å². The van der Waals surface area contributed by atoms with Gasteiger partial charge in [-0.1, -0.05) is 11.6 Å². The molecule has 0 spiro atoms. The van der Waals surface area contributed by atoms with E-state index in [1.54, 1.807) is 0 Å². The molecule has 0 fully saturated rings. The van der Waals surface area contributed by atoms with Crippen molar-refractivity contribution in [3.8, 4) is 0 Å². The first-order valence-corrected chi connectivity index (χ1v) is 5.80. The van der Waals surface area contributed by atoms with Gasteiger partial charge in [0.1, 0.15) is 5.84 Å². The van der Waals surface area contributed by atoms with E-state index in [-0.39, 0.29) is 23.0 Å². The van der Waals surface area contributed by atoms with Crippen LogP contribution < -0.4 is 5.73 Å². The lowest BCUT2D eigenvalue weighted by Gasteiger charge is -2.07. The van der Waals surface area contributed by atoms with Gasteiger partial charge in [-0.25, -0.2) is 0 Å². The molecule has 21 heavy (non-hydrogen) atoms. The predicted molar refractivity (Wildman–Crippen MR) is 74.1 cm³/mol. The summed E-state index contributed by atoms with van der Waals surface area (Å²) in [6.07, 6.45) is -3.26. The average molecular weight is 324 g/mol. The third kappa shape index (κ3) is 8.64. The fourth-order valence-electron chi connectivity index (χ4n) is 1.06. The number of hydrogen-bond acceptors (Lipinski definition) is 3. The zero-order chi connectivity index (χ0) is 16.6. The molecule has 0 bridgehead atoms. The minimum atomic E-state index is -4.42. The number of nitrogens with one attached hydrogen (secondary N) is 1. The van der Waals surface area contributed by atoms with Gasteiger partial charge < -0.3 is 10.8 Å². The van der Waals surface area contributed by atoms with Gasteiger partial charge in [-0.2, -0.15) is 13.2 Å². The minimum absolute atomic E-state index is 0.0768. The van der Waals surface area contributed by atoms with Crippen molar-refractivity contribution in [2.24, 2.45) is 10.7 Å². The van der Waals surface area contributed by atoms with Crippen LogP contribution in [0.4, 0.5) is 13.2 Å². The molecule has 0 radical (unpaired) electrons. The van der Waals surface area contributed by atoms with Crippen molar-refractivity contribution < 1.29 is 23.1 Å². The van der Waals surface area contributed by atoms with Crippen LogP contribution >= 0.6 is 11.6 Å². The summed E-state index contributed by atoms with van der Waals surface area (Å²) in [5.41, 5.74) is 4.39. The van der Waals surface area contributed by atoms with Gasteiger partial charge in [-0.15, -0.1) is 0 Å². The van der Waals surface area contributed by atoms with E-state index in [0.717, 1.165) is 25.1 Å². The third-order valence-corrected chi connectivity index (χ3v) is 2.16. The molecule has 116 valence electrons. The van der Waals surface area contributed by atoms with E-state index in [0.29, 0.717) is 0 Å². The Labute approximate surface area is 123 Å². The van der Waals surface area contributed by atoms with Crippen LogP contribution in [0.15, 0.2) is 23.2 Å². The van der Waals surface area contributed by atoms with Crippen molar-refractivity contribution in [3.63, 3.8) is 0 Å². The number of amidine groups is 1. The number of nitrogens with two attached hydrogens (primary N) is 1. The zero-order valence-electron chi connectivity index (χ0n) is 10.9. The second-order valence-corrected chi connectivity index (χ2v) is 4.16. The van der Waals surface area contributed by atoms with Gasteiger partial charge in [0, 0.05) is 23.7 Å². The second kappa shape index (κ2) is 8.25. The molecular weight excluding hydrogens is 311 g/mol. The maximum atomic E-state index is 12.4. The molecule has 0 saturated carbocycles. The van der Waals surface area contributed by atoms with Gasteiger partial charge in [-0.3, -0.25) is 15.2 Å². The number of rotatable bonds is 3. The van der Waals surface area contributed by atoms with Crippen LogP contribution in [0.5, 0.6) is 0 Å². The molecule has 0 saturated heterocycles. The Kier molecular flexibility index (Phi) is 7.43. The van der Waals surface area contributed by atoms with Crippen molar-refractivity contribution in [1.29, 1.82) is 5.41 Å². The number of carbonyl (C=O) groups is 1. The SMILES string of the molecule is CC(=O)O.N=C(N)CN=Cc1cc(C(F)(F)F)ccc1Cl. The number of halogens is 4. The average Bonchev–Trinajstić information content (AvgIpc) is 2.28. The Morgan fingerprint density at radius 3 is 2.48 bits per heavy atom. The summed E-state index contributed by atoms with van der Waals surface area (Å²) in [6.45, 7) is 1.01. The topological polar surface area (TPSA) is 99.5 Å². The summed E-state index contributed by atoms with van der Waals surface area (Å²) in [6, 6.07) is 2.94. The fourth-order valence-corrected chi connectivity index (χ4v) is 1.23. The molecule has 0 aliphatic rings. The van der Waals surface area contributed by atoms with Crippen molar-refractivity contribution in [2.75, 3.05) is 6.54 Å². The van der Waals surface area contributed by atoms with Crippen LogP contribution in [0.2, 0.25) is 5.02 Å². The lowest BCUT2D eigenvalue weighted by molar-refractivity contribution is -0.137. The molecule has 9 heteroatoms. The van der Waals surface area contributed by atoms with Crippen molar-refractivity contribution in [2.45, 2.75) is 13.1 Å². The molecule has 0 amide bonds. The van der Waals surface area contributed by atoms with Crippen LogP contribution in [0, 0.1) is 5.41 Å². The molecule has 0 atom stereocenters. The monoisotopic (exact) mass is 323 g/mol. The van der Waals surface area contributed by atoms with E-state index < -0.39 is 17.7 Å². The third-order valence-electron chi connectivity index (χ3n) is 1.82.